The van der Waals surface area contributed by atoms with Crippen LogP contribution in [0.5, 0.6) is 0 Å². The summed E-state index contributed by atoms with van der Waals surface area (Å²) in [5.41, 5.74) is -0.260. The molecule has 0 saturated carbocycles. The van der Waals surface area contributed by atoms with E-state index in [0.717, 1.165) is 12.1 Å². The third-order valence-electron chi connectivity index (χ3n) is 3.44. The van der Waals surface area contributed by atoms with Gasteiger partial charge in [0.25, 0.3) is 0 Å². The van der Waals surface area contributed by atoms with Crippen LogP contribution >= 0.6 is 0 Å². The number of rotatable bonds is 5. The van der Waals surface area contributed by atoms with Gasteiger partial charge >= 0.3 is 0 Å². The van der Waals surface area contributed by atoms with E-state index < -0.39 is 23.2 Å². The minimum absolute atomic E-state index is 0.0220. The van der Waals surface area contributed by atoms with Crippen molar-refractivity contribution in [2.75, 3.05) is 18.4 Å². The van der Waals surface area contributed by atoms with Crippen molar-refractivity contribution in [2.45, 2.75) is 27.7 Å². The molecule has 1 unspecified atom stereocenters. The molecule has 1 aromatic rings. The van der Waals surface area contributed by atoms with Gasteiger partial charge in [0, 0.05) is 0 Å². The second kappa shape index (κ2) is 6.79. The van der Waals surface area contributed by atoms with E-state index in [1.54, 1.807) is 0 Å². The molecule has 1 amide bonds. The number of nitrogens with one attached hydrogen (secondary N) is 2. The van der Waals surface area contributed by atoms with Gasteiger partial charge in [-0.3, -0.25) is 4.79 Å². The van der Waals surface area contributed by atoms with E-state index in [-0.39, 0.29) is 12.0 Å². The van der Waals surface area contributed by atoms with Gasteiger partial charge in [0.15, 0.2) is 0 Å². The largest absolute Gasteiger partial charge is 0.320 e. The lowest BCUT2D eigenvalue weighted by Crippen LogP contribution is -2.35. The normalized spacial score (nSPS) is 13.1. The van der Waals surface area contributed by atoms with E-state index in [0.29, 0.717) is 12.5 Å². The first-order valence-corrected chi connectivity index (χ1v) is 6.66. The Labute approximate surface area is 118 Å². The molecule has 112 valence electrons. The van der Waals surface area contributed by atoms with Crippen LogP contribution in [-0.2, 0) is 4.79 Å². The first-order chi connectivity index (χ1) is 9.21. The van der Waals surface area contributed by atoms with Crippen molar-refractivity contribution in [1.29, 1.82) is 0 Å². The summed E-state index contributed by atoms with van der Waals surface area (Å²) < 4.78 is 26.7. The number of amides is 1. The number of carbonyl (C=O) groups is 1. The van der Waals surface area contributed by atoms with Crippen molar-refractivity contribution in [3.63, 3.8) is 0 Å². The topological polar surface area (TPSA) is 41.1 Å². The van der Waals surface area contributed by atoms with Crippen molar-refractivity contribution in [3.8, 4) is 0 Å². The Morgan fingerprint density at radius 2 is 1.80 bits per heavy atom. The lowest BCUT2D eigenvalue weighted by molar-refractivity contribution is -0.115. The monoisotopic (exact) mass is 284 g/mol. The van der Waals surface area contributed by atoms with Crippen molar-refractivity contribution in [3.05, 3.63) is 29.8 Å². The van der Waals surface area contributed by atoms with E-state index in [2.05, 4.69) is 38.3 Å². The summed E-state index contributed by atoms with van der Waals surface area (Å²) in [7, 11) is 0. The van der Waals surface area contributed by atoms with Gasteiger partial charge in [0.2, 0.25) is 5.91 Å². The maximum atomic E-state index is 13.3. The summed E-state index contributed by atoms with van der Waals surface area (Å²) in [5.74, 6) is -1.64. The smallest absolute Gasteiger partial charge is 0.238 e. The summed E-state index contributed by atoms with van der Waals surface area (Å²) in [6, 6.07) is 3.46. The van der Waals surface area contributed by atoms with Gasteiger partial charge in [0.1, 0.15) is 17.3 Å². The lowest BCUT2D eigenvalue weighted by Gasteiger charge is -2.27. The molecule has 0 aliphatic carbocycles. The number of halogens is 2. The molecule has 0 heterocycles. The molecule has 0 radical (unpaired) electrons. The quantitative estimate of drug-likeness (QED) is 0.872. The zero-order valence-corrected chi connectivity index (χ0v) is 12.4. The molecule has 0 saturated heterocycles. The van der Waals surface area contributed by atoms with Crippen LogP contribution in [0, 0.1) is 23.0 Å². The number of para-hydroxylation sites is 1. The predicted octanol–water partition coefficient (Wildman–Crippen LogP) is 3.18. The minimum atomic E-state index is -0.776. The van der Waals surface area contributed by atoms with E-state index in [1.165, 1.54) is 6.07 Å². The third kappa shape index (κ3) is 4.89. The Balaban J connectivity index is 2.45. The summed E-state index contributed by atoms with van der Waals surface area (Å²) in [6.07, 6.45) is 0. The summed E-state index contributed by atoms with van der Waals surface area (Å²) in [5, 5.41) is 5.23. The van der Waals surface area contributed by atoms with Crippen LogP contribution in [0.2, 0.25) is 0 Å². The van der Waals surface area contributed by atoms with Crippen LogP contribution in [0.4, 0.5) is 14.5 Å². The van der Waals surface area contributed by atoms with Gasteiger partial charge < -0.3 is 10.6 Å². The maximum Gasteiger partial charge on any atom is 0.238 e. The van der Waals surface area contributed by atoms with Gasteiger partial charge in [-0.1, -0.05) is 33.8 Å². The molecule has 20 heavy (non-hydrogen) atoms. The van der Waals surface area contributed by atoms with Gasteiger partial charge in [-0.15, -0.1) is 0 Å². The fourth-order valence-electron chi connectivity index (χ4n) is 1.51. The highest BCUT2D eigenvalue weighted by molar-refractivity contribution is 5.92. The summed E-state index contributed by atoms with van der Waals surface area (Å²) in [6.45, 7) is 9.13. The summed E-state index contributed by atoms with van der Waals surface area (Å²) >= 11 is 0. The Bertz CT molecular complexity index is 449. The lowest BCUT2D eigenvalue weighted by atomic mass is 9.82. The van der Waals surface area contributed by atoms with Crippen LogP contribution in [0.1, 0.15) is 27.7 Å². The Morgan fingerprint density at radius 3 is 2.30 bits per heavy atom. The second-order valence-corrected chi connectivity index (χ2v) is 6.04. The van der Waals surface area contributed by atoms with E-state index >= 15 is 0 Å². The van der Waals surface area contributed by atoms with Crippen LogP contribution in [0.3, 0.4) is 0 Å². The second-order valence-electron chi connectivity index (χ2n) is 6.04. The van der Waals surface area contributed by atoms with E-state index in [9.17, 15) is 13.6 Å². The highest BCUT2D eigenvalue weighted by Crippen LogP contribution is 2.24. The first kappa shape index (κ1) is 16.6. The Kier molecular flexibility index (Phi) is 5.62. The molecule has 0 aliphatic heterocycles. The van der Waals surface area contributed by atoms with Crippen LogP contribution < -0.4 is 10.6 Å². The molecule has 5 heteroatoms. The maximum absolute atomic E-state index is 13.3. The Morgan fingerprint density at radius 1 is 1.25 bits per heavy atom. The van der Waals surface area contributed by atoms with Crippen LogP contribution in [0.15, 0.2) is 18.2 Å². The molecule has 0 aliphatic rings. The molecule has 3 nitrogen and oxygen atoms in total. The molecule has 0 spiro atoms. The molecule has 0 aromatic heterocycles. The molecule has 1 rings (SSSR count). The number of anilines is 1. The van der Waals surface area contributed by atoms with E-state index in [4.69, 9.17) is 0 Å². The Hall–Kier alpha value is -1.49. The molecule has 2 N–H and O–H groups in total. The molecule has 1 atom stereocenters. The van der Waals surface area contributed by atoms with Crippen molar-refractivity contribution >= 4 is 11.6 Å². The molecule has 0 fully saturated rings. The highest BCUT2D eigenvalue weighted by Gasteiger charge is 2.19. The SMILES string of the molecule is CC(CNCC(=O)Nc1c(F)cccc1F)C(C)(C)C. The number of carbonyl (C=O) groups excluding carboxylic acids is 1. The predicted molar refractivity (Wildman–Crippen MR) is 76.5 cm³/mol. The van der Waals surface area contributed by atoms with Gasteiger partial charge in [0.05, 0.1) is 6.54 Å². The molecule has 0 bridgehead atoms. The zero-order valence-electron chi connectivity index (χ0n) is 12.4. The van der Waals surface area contributed by atoms with Crippen LogP contribution in [-0.4, -0.2) is 19.0 Å². The molecular weight excluding hydrogens is 262 g/mol. The van der Waals surface area contributed by atoms with Gasteiger partial charge in [-0.25, -0.2) is 8.78 Å². The molecular formula is C15H22F2N2O. The third-order valence-corrected chi connectivity index (χ3v) is 3.44. The van der Waals surface area contributed by atoms with Crippen molar-refractivity contribution < 1.29 is 13.6 Å². The van der Waals surface area contributed by atoms with Crippen LogP contribution in [0.25, 0.3) is 0 Å². The fourth-order valence-corrected chi connectivity index (χ4v) is 1.51. The standard InChI is InChI=1S/C15H22F2N2O/c1-10(15(2,3)4)8-18-9-13(20)19-14-11(16)6-5-7-12(14)17/h5-7,10,18H,8-9H2,1-4H3,(H,19,20). The van der Waals surface area contributed by atoms with Gasteiger partial charge in [-0.2, -0.15) is 0 Å². The average Bonchev–Trinajstić information content (AvgIpc) is 2.32. The van der Waals surface area contributed by atoms with Gasteiger partial charge in [-0.05, 0) is 30.0 Å². The summed E-state index contributed by atoms with van der Waals surface area (Å²) in [4.78, 5) is 11.6. The van der Waals surface area contributed by atoms with E-state index in [1.807, 2.05) is 0 Å². The fraction of sp³-hybridized carbons (Fsp3) is 0.533. The number of benzene rings is 1. The molecule has 1 aromatic carbocycles. The average molecular weight is 284 g/mol. The zero-order chi connectivity index (χ0) is 15.3. The van der Waals surface area contributed by atoms with Crippen molar-refractivity contribution in [1.82, 2.24) is 5.32 Å². The number of hydrogen-bond acceptors (Lipinski definition) is 2. The van der Waals surface area contributed by atoms with Crippen molar-refractivity contribution in [2.24, 2.45) is 11.3 Å². The minimum Gasteiger partial charge on any atom is -0.320 e. The highest BCUT2D eigenvalue weighted by atomic mass is 19.1. The number of hydrogen-bond donors (Lipinski definition) is 2. The first-order valence-electron chi connectivity index (χ1n) is 6.66.